The highest BCUT2D eigenvalue weighted by atomic mass is 16.3. The van der Waals surface area contributed by atoms with Crippen molar-refractivity contribution in [2.45, 2.75) is 0 Å². The van der Waals surface area contributed by atoms with E-state index in [1.165, 1.54) is 48.9 Å². The summed E-state index contributed by atoms with van der Waals surface area (Å²) < 4.78 is 11.6. The number of furan rings is 1. The maximum Gasteiger partial charge on any atom is 0.161 e. The van der Waals surface area contributed by atoms with Gasteiger partial charge in [0.15, 0.2) is 5.58 Å². The molecular formula is C57H35N3O. The fraction of sp³-hybridized carbons (Fsp3) is 0. The molecule has 0 atom stereocenters. The summed E-state index contributed by atoms with van der Waals surface area (Å²) >= 11 is 0. The number of fused-ring (bicyclic) bond motifs is 11. The fourth-order valence-electron chi connectivity index (χ4n) is 9.70. The van der Waals surface area contributed by atoms with E-state index in [1.54, 1.807) is 0 Å². The molecule has 4 aromatic heterocycles. The quantitative estimate of drug-likeness (QED) is 0.174. The summed E-state index contributed by atoms with van der Waals surface area (Å²) in [5.74, 6) is 0. The van der Waals surface area contributed by atoms with Gasteiger partial charge in [-0.1, -0.05) is 140 Å². The first-order valence-corrected chi connectivity index (χ1v) is 20.8. The molecule has 0 saturated carbocycles. The SMILES string of the molecule is c1ccc(-c2ccc3c(c2)oc2c(-c4ccc5c(c4)c4ccccc4n5-c4ccccc4)nc(-c4ccc(-n5c6ccccc6c6c7ccccc7ccc65)cc4)cc23)cc1. The summed E-state index contributed by atoms with van der Waals surface area (Å²) in [6.07, 6.45) is 0. The maximum atomic E-state index is 6.87. The molecule has 0 bridgehead atoms. The Kier molecular flexibility index (Phi) is 7.27. The van der Waals surface area contributed by atoms with Gasteiger partial charge in [-0.3, -0.25) is 0 Å². The predicted molar refractivity (Wildman–Crippen MR) is 254 cm³/mol. The molecule has 0 aliphatic heterocycles. The third-order valence-corrected chi connectivity index (χ3v) is 12.5. The molecule has 61 heavy (non-hydrogen) atoms. The van der Waals surface area contributed by atoms with Crippen molar-refractivity contribution in [3.63, 3.8) is 0 Å². The predicted octanol–water partition coefficient (Wildman–Crippen LogP) is 15.3. The molecule has 0 fully saturated rings. The monoisotopic (exact) mass is 777 g/mol. The average Bonchev–Trinajstić information content (AvgIpc) is 3.99. The summed E-state index contributed by atoms with van der Waals surface area (Å²) in [6, 6.07) is 76.0. The molecule has 0 aliphatic carbocycles. The fourth-order valence-corrected chi connectivity index (χ4v) is 9.70. The van der Waals surface area contributed by atoms with Crippen molar-refractivity contribution < 1.29 is 4.42 Å². The largest absolute Gasteiger partial charge is 0.454 e. The van der Waals surface area contributed by atoms with Crippen molar-refractivity contribution in [2.24, 2.45) is 0 Å². The number of aromatic nitrogens is 3. The summed E-state index contributed by atoms with van der Waals surface area (Å²) in [6.45, 7) is 0. The van der Waals surface area contributed by atoms with Crippen molar-refractivity contribution in [3.8, 4) is 45.0 Å². The smallest absolute Gasteiger partial charge is 0.161 e. The van der Waals surface area contributed by atoms with Gasteiger partial charge in [0.1, 0.15) is 11.3 Å². The molecule has 0 N–H and O–H groups in total. The average molecular weight is 778 g/mol. The van der Waals surface area contributed by atoms with Crippen LogP contribution in [-0.2, 0) is 0 Å². The number of nitrogens with zero attached hydrogens (tertiary/aromatic N) is 3. The van der Waals surface area contributed by atoms with Crippen molar-refractivity contribution in [2.75, 3.05) is 0 Å². The minimum Gasteiger partial charge on any atom is -0.454 e. The molecular weight excluding hydrogens is 743 g/mol. The van der Waals surface area contributed by atoms with E-state index in [1.807, 2.05) is 6.07 Å². The molecule has 13 aromatic rings. The van der Waals surface area contributed by atoms with Crippen molar-refractivity contribution in [1.29, 1.82) is 0 Å². The summed E-state index contributed by atoms with van der Waals surface area (Å²) in [5, 5.41) is 9.51. The van der Waals surface area contributed by atoms with Crippen LogP contribution in [0, 0.1) is 0 Å². The zero-order valence-electron chi connectivity index (χ0n) is 33.0. The number of benzene rings is 9. The van der Waals surface area contributed by atoms with Crippen LogP contribution in [0.5, 0.6) is 0 Å². The van der Waals surface area contributed by atoms with E-state index in [0.29, 0.717) is 0 Å². The zero-order valence-corrected chi connectivity index (χ0v) is 33.0. The molecule has 0 aliphatic rings. The molecule has 4 nitrogen and oxygen atoms in total. The standard InChI is InChI=1S/C57H35N3O/c1-3-13-36(14-4-1)39-25-30-45-48-35-49(38-23-28-42(29-24-38)60-51-22-12-10-20-46(51)55-43-18-8-7-15-37(43)26-32-53(55)60)58-56(57(48)61-54(45)34-39)40-27-31-52-47(33-40)44-19-9-11-21-50(44)59(52)41-16-5-2-6-17-41/h1-35H. The Morgan fingerprint density at radius 1 is 0.344 bits per heavy atom. The molecule has 284 valence electrons. The van der Waals surface area contributed by atoms with Gasteiger partial charge in [0.2, 0.25) is 0 Å². The number of rotatable bonds is 5. The van der Waals surface area contributed by atoms with Crippen LogP contribution in [0.15, 0.2) is 217 Å². The molecule has 0 spiro atoms. The van der Waals surface area contributed by atoms with Crippen LogP contribution >= 0.6 is 0 Å². The molecule has 0 saturated heterocycles. The number of para-hydroxylation sites is 3. The molecule has 4 heteroatoms. The minimum absolute atomic E-state index is 0.782. The third kappa shape index (κ3) is 5.16. The van der Waals surface area contributed by atoms with Crippen LogP contribution in [0.1, 0.15) is 0 Å². The minimum atomic E-state index is 0.782. The molecule has 13 rings (SSSR count). The second kappa shape index (κ2) is 13.2. The number of hydrogen-bond acceptors (Lipinski definition) is 2. The van der Waals surface area contributed by atoms with Gasteiger partial charge < -0.3 is 13.6 Å². The Labute approximate surface area is 350 Å². The first kappa shape index (κ1) is 33.7. The van der Waals surface area contributed by atoms with E-state index in [9.17, 15) is 0 Å². The van der Waals surface area contributed by atoms with Crippen LogP contribution in [-0.4, -0.2) is 14.1 Å². The Morgan fingerprint density at radius 3 is 1.77 bits per heavy atom. The van der Waals surface area contributed by atoms with Gasteiger partial charge in [-0.25, -0.2) is 4.98 Å². The van der Waals surface area contributed by atoms with Gasteiger partial charge in [-0.05, 0) is 94.7 Å². The van der Waals surface area contributed by atoms with E-state index >= 15 is 0 Å². The highest BCUT2D eigenvalue weighted by Gasteiger charge is 2.21. The zero-order chi connectivity index (χ0) is 40.0. The van der Waals surface area contributed by atoms with Crippen molar-refractivity contribution in [3.05, 3.63) is 212 Å². The Morgan fingerprint density at radius 2 is 0.951 bits per heavy atom. The Bertz CT molecular complexity index is 3850. The number of pyridine rings is 1. The van der Waals surface area contributed by atoms with Crippen LogP contribution in [0.2, 0.25) is 0 Å². The van der Waals surface area contributed by atoms with E-state index < -0.39 is 0 Å². The second-order valence-electron chi connectivity index (χ2n) is 15.9. The van der Waals surface area contributed by atoms with Gasteiger partial charge >= 0.3 is 0 Å². The van der Waals surface area contributed by atoms with Crippen LogP contribution in [0.3, 0.4) is 0 Å². The normalized spacial score (nSPS) is 11.9. The highest BCUT2D eigenvalue weighted by molar-refractivity contribution is 6.21. The van der Waals surface area contributed by atoms with E-state index in [0.717, 1.165) is 72.5 Å². The van der Waals surface area contributed by atoms with Crippen LogP contribution in [0.25, 0.3) is 121 Å². The lowest BCUT2D eigenvalue weighted by Crippen LogP contribution is -1.95. The summed E-state index contributed by atoms with van der Waals surface area (Å²) in [5.41, 5.74) is 14.6. The van der Waals surface area contributed by atoms with Gasteiger partial charge in [-0.15, -0.1) is 0 Å². The van der Waals surface area contributed by atoms with Gasteiger partial charge in [-0.2, -0.15) is 0 Å². The third-order valence-electron chi connectivity index (χ3n) is 12.5. The van der Waals surface area contributed by atoms with E-state index in [-0.39, 0.29) is 0 Å². The van der Waals surface area contributed by atoms with E-state index in [2.05, 4.69) is 215 Å². The topological polar surface area (TPSA) is 35.9 Å². The summed E-state index contributed by atoms with van der Waals surface area (Å²) in [4.78, 5) is 5.49. The second-order valence-corrected chi connectivity index (χ2v) is 15.9. The van der Waals surface area contributed by atoms with Crippen molar-refractivity contribution >= 4 is 76.3 Å². The Hall–Kier alpha value is -8.21. The van der Waals surface area contributed by atoms with E-state index in [4.69, 9.17) is 9.40 Å². The molecule has 0 radical (unpaired) electrons. The van der Waals surface area contributed by atoms with Crippen molar-refractivity contribution in [1.82, 2.24) is 14.1 Å². The van der Waals surface area contributed by atoms with Gasteiger partial charge in [0.05, 0.1) is 27.8 Å². The molecule has 0 unspecified atom stereocenters. The molecule has 4 heterocycles. The first-order chi connectivity index (χ1) is 30.2. The number of hydrogen-bond donors (Lipinski definition) is 0. The van der Waals surface area contributed by atoms with Gasteiger partial charge in [0, 0.05) is 54.8 Å². The molecule has 9 aromatic carbocycles. The lowest BCUT2D eigenvalue weighted by Gasteiger charge is -2.11. The lowest BCUT2D eigenvalue weighted by atomic mass is 10.0. The summed E-state index contributed by atoms with van der Waals surface area (Å²) in [7, 11) is 0. The van der Waals surface area contributed by atoms with Gasteiger partial charge in [0.25, 0.3) is 0 Å². The highest BCUT2D eigenvalue weighted by Crippen LogP contribution is 2.42. The maximum absolute atomic E-state index is 6.87. The van der Waals surface area contributed by atoms with Crippen LogP contribution in [0.4, 0.5) is 0 Å². The first-order valence-electron chi connectivity index (χ1n) is 20.8. The lowest BCUT2D eigenvalue weighted by molar-refractivity contribution is 0.668. The molecule has 0 amide bonds. The van der Waals surface area contributed by atoms with Crippen LogP contribution < -0.4 is 0 Å². The Balaban J connectivity index is 1.01.